The lowest BCUT2D eigenvalue weighted by molar-refractivity contribution is 0.626. The van der Waals surface area contributed by atoms with E-state index in [1.165, 1.54) is 17.7 Å². The summed E-state index contributed by atoms with van der Waals surface area (Å²) in [5.74, 6) is 0.558. The molecule has 1 aliphatic heterocycles. The maximum atomic E-state index is 13.2. The van der Waals surface area contributed by atoms with E-state index in [0.29, 0.717) is 12.5 Å². The number of nitrogens with one attached hydrogen (secondary N) is 1. The molecular weight excluding hydrogens is 443 g/mol. The Morgan fingerprint density at radius 3 is 2.54 bits per heavy atom. The first kappa shape index (κ1) is 21.2. The zero-order valence-electron chi connectivity index (χ0n) is 19.1. The van der Waals surface area contributed by atoms with Gasteiger partial charge in [-0.1, -0.05) is 25.1 Å². The molecule has 0 aliphatic carbocycles. The first-order valence-electron chi connectivity index (χ1n) is 11.5. The van der Waals surface area contributed by atoms with Gasteiger partial charge in [0.1, 0.15) is 12.1 Å². The number of H-pyrrole nitrogens is 1. The summed E-state index contributed by atoms with van der Waals surface area (Å²) >= 11 is 0. The molecule has 0 radical (unpaired) electrons. The van der Waals surface area contributed by atoms with Crippen LogP contribution in [-0.2, 0) is 0 Å². The smallest absolute Gasteiger partial charge is 0.225 e. The summed E-state index contributed by atoms with van der Waals surface area (Å²) in [6.07, 6.45) is 14.0. The van der Waals surface area contributed by atoms with Crippen molar-refractivity contribution in [2.75, 3.05) is 18.0 Å². The van der Waals surface area contributed by atoms with Crippen molar-refractivity contribution < 1.29 is 4.39 Å². The first-order chi connectivity index (χ1) is 17.2. The number of hydrogen-bond acceptors (Lipinski definition) is 6. The number of anilines is 1. The fourth-order valence-electron chi connectivity index (χ4n) is 4.47. The van der Waals surface area contributed by atoms with Crippen LogP contribution in [0.5, 0.6) is 0 Å². The third-order valence-electron chi connectivity index (χ3n) is 6.56. The number of rotatable bonds is 5. The lowest BCUT2D eigenvalue weighted by Crippen LogP contribution is -2.30. The molecule has 5 heterocycles. The van der Waals surface area contributed by atoms with Crippen LogP contribution in [-0.4, -0.2) is 47.9 Å². The van der Waals surface area contributed by atoms with E-state index in [0.717, 1.165) is 46.4 Å². The molecule has 4 aromatic heterocycles. The average molecular weight is 467 g/mol. The highest BCUT2D eigenvalue weighted by Crippen LogP contribution is 2.29. The Kier molecular flexibility index (Phi) is 5.29. The zero-order valence-corrected chi connectivity index (χ0v) is 19.1. The standard InChI is InChI=1S/C26H23FN8/c1-17(18-2-4-23(27)5-3-18)21-11-28-26(29-12-21)34-8-6-19(7-9-34)25-24-10-20(22-13-31-32-14-22)15-35(24)33-16-30-25/h2-6,10-17H,7-9H2,1H3,(H,31,32). The first-order valence-corrected chi connectivity index (χ1v) is 11.5. The van der Waals surface area contributed by atoms with Gasteiger partial charge in [0, 0.05) is 54.9 Å². The largest absolute Gasteiger partial charge is 0.337 e. The van der Waals surface area contributed by atoms with Gasteiger partial charge in [-0.2, -0.15) is 10.2 Å². The van der Waals surface area contributed by atoms with E-state index in [9.17, 15) is 4.39 Å². The minimum Gasteiger partial charge on any atom is -0.337 e. The lowest BCUT2D eigenvalue weighted by Gasteiger charge is -2.26. The molecular formula is C26H23FN8. The van der Waals surface area contributed by atoms with Crippen LogP contribution in [0.1, 0.15) is 36.1 Å². The van der Waals surface area contributed by atoms with E-state index in [4.69, 9.17) is 0 Å². The van der Waals surface area contributed by atoms with Gasteiger partial charge in [0.2, 0.25) is 5.95 Å². The Balaban J connectivity index is 1.20. The van der Waals surface area contributed by atoms with Crippen LogP contribution >= 0.6 is 0 Å². The van der Waals surface area contributed by atoms with Crippen molar-refractivity contribution >= 4 is 17.0 Å². The Morgan fingerprint density at radius 2 is 1.83 bits per heavy atom. The minimum absolute atomic E-state index is 0.0895. The molecule has 35 heavy (non-hydrogen) atoms. The average Bonchev–Trinajstić information content (AvgIpc) is 3.59. The molecule has 5 aromatic rings. The van der Waals surface area contributed by atoms with Crippen molar-refractivity contribution in [2.45, 2.75) is 19.3 Å². The highest BCUT2D eigenvalue weighted by molar-refractivity contribution is 5.80. The van der Waals surface area contributed by atoms with Crippen LogP contribution in [0.3, 0.4) is 0 Å². The molecule has 0 saturated carbocycles. The molecule has 1 aliphatic rings. The molecule has 0 saturated heterocycles. The van der Waals surface area contributed by atoms with E-state index in [2.05, 4.69) is 54.2 Å². The molecule has 0 fully saturated rings. The second-order valence-electron chi connectivity index (χ2n) is 8.67. The molecule has 1 N–H and O–H groups in total. The van der Waals surface area contributed by atoms with Crippen LogP contribution in [0.4, 0.5) is 10.3 Å². The molecule has 0 spiro atoms. The van der Waals surface area contributed by atoms with E-state index < -0.39 is 0 Å². The fourth-order valence-corrected chi connectivity index (χ4v) is 4.47. The zero-order chi connectivity index (χ0) is 23.8. The summed E-state index contributed by atoms with van der Waals surface area (Å²) in [6, 6.07) is 8.67. The number of hydrogen-bond donors (Lipinski definition) is 1. The van der Waals surface area contributed by atoms with Gasteiger partial charge in [0.25, 0.3) is 0 Å². The van der Waals surface area contributed by atoms with Gasteiger partial charge in [-0.05, 0) is 41.3 Å². The van der Waals surface area contributed by atoms with Crippen molar-refractivity contribution in [1.29, 1.82) is 0 Å². The van der Waals surface area contributed by atoms with Crippen LogP contribution in [0.2, 0.25) is 0 Å². The fraction of sp³-hybridized carbons (Fsp3) is 0.192. The normalized spacial score (nSPS) is 14.8. The van der Waals surface area contributed by atoms with E-state index >= 15 is 0 Å². The highest BCUT2D eigenvalue weighted by Gasteiger charge is 2.19. The summed E-state index contributed by atoms with van der Waals surface area (Å²) in [6.45, 7) is 3.57. The summed E-state index contributed by atoms with van der Waals surface area (Å²) in [5, 5.41) is 11.3. The molecule has 6 rings (SSSR count). The quantitative estimate of drug-likeness (QED) is 0.411. The SMILES string of the molecule is CC(c1ccc(F)cc1)c1cnc(N2CC=C(c3ncnn4cc(-c5cn[nH]c5)cc34)CC2)nc1. The maximum absolute atomic E-state index is 13.2. The van der Waals surface area contributed by atoms with Crippen LogP contribution in [0, 0.1) is 5.82 Å². The number of benzene rings is 1. The predicted molar refractivity (Wildman–Crippen MR) is 131 cm³/mol. The molecule has 9 heteroatoms. The third-order valence-corrected chi connectivity index (χ3v) is 6.56. The second kappa shape index (κ2) is 8.75. The van der Waals surface area contributed by atoms with Crippen molar-refractivity contribution in [1.82, 2.24) is 34.8 Å². The number of aromatic amines is 1. The predicted octanol–water partition coefficient (Wildman–Crippen LogP) is 4.49. The molecule has 1 unspecified atom stereocenters. The van der Waals surface area contributed by atoms with Gasteiger partial charge in [-0.15, -0.1) is 0 Å². The van der Waals surface area contributed by atoms with Gasteiger partial charge in [-0.25, -0.2) is 23.9 Å². The Bertz CT molecular complexity index is 1490. The Labute approximate surface area is 201 Å². The van der Waals surface area contributed by atoms with Crippen LogP contribution in [0.15, 0.2) is 73.7 Å². The minimum atomic E-state index is -0.233. The third kappa shape index (κ3) is 4.05. The number of fused-ring (bicyclic) bond motifs is 1. The maximum Gasteiger partial charge on any atom is 0.225 e. The molecule has 0 bridgehead atoms. The Hall–Kier alpha value is -4.40. The van der Waals surface area contributed by atoms with Crippen molar-refractivity contribution in [3.63, 3.8) is 0 Å². The summed E-state index contributed by atoms with van der Waals surface area (Å²) < 4.78 is 15.1. The van der Waals surface area contributed by atoms with E-state index in [-0.39, 0.29) is 11.7 Å². The van der Waals surface area contributed by atoms with Crippen LogP contribution < -0.4 is 4.90 Å². The molecule has 8 nitrogen and oxygen atoms in total. The lowest BCUT2D eigenvalue weighted by atomic mass is 9.95. The number of halogens is 1. The van der Waals surface area contributed by atoms with Crippen molar-refractivity contribution in [3.8, 4) is 11.1 Å². The number of aromatic nitrogens is 7. The van der Waals surface area contributed by atoms with Gasteiger partial charge < -0.3 is 4.90 Å². The topological polar surface area (TPSA) is 87.9 Å². The van der Waals surface area contributed by atoms with E-state index in [1.54, 1.807) is 24.7 Å². The summed E-state index contributed by atoms with van der Waals surface area (Å²) in [4.78, 5) is 16.0. The summed E-state index contributed by atoms with van der Waals surface area (Å²) in [5.41, 5.74) is 7.19. The van der Waals surface area contributed by atoms with Crippen molar-refractivity contribution in [3.05, 3.63) is 96.4 Å². The molecule has 1 aromatic carbocycles. The van der Waals surface area contributed by atoms with Gasteiger partial charge in [0.15, 0.2) is 0 Å². The monoisotopic (exact) mass is 466 g/mol. The van der Waals surface area contributed by atoms with Gasteiger partial charge in [-0.3, -0.25) is 5.10 Å². The van der Waals surface area contributed by atoms with Crippen LogP contribution in [0.25, 0.3) is 22.2 Å². The molecule has 0 amide bonds. The second-order valence-corrected chi connectivity index (χ2v) is 8.67. The summed E-state index contributed by atoms with van der Waals surface area (Å²) in [7, 11) is 0. The van der Waals surface area contributed by atoms with E-state index in [1.807, 2.05) is 29.3 Å². The van der Waals surface area contributed by atoms with Crippen molar-refractivity contribution in [2.24, 2.45) is 0 Å². The molecule has 1 atom stereocenters. The Morgan fingerprint density at radius 1 is 1.00 bits per heavy atom. The number of nitrogens with zero attached hydrogens (tertiary/aromatic N) is 7. The highest BCUT2D eigenvalue weighted by atomic mass is 19.1. The molecule has 174 valence electrons. The van der Waals surface area contributed by atoms with Gasteiger partial charge >= 0.3 is 0 Å². The van der Waals surface area contributed by atoms with Gasteiger partial charge in [0.05, 0.1) is 17.4 Å².